The molecule has 10 heteroatoms. The Hall–Kier alpha value is -2.75. The maximum Gasteiger partial charge on any atom is 0.229 e. The molecule has 4 heterocycles. The molecule has 172 valence electrons. The average molecular weight is 467 g/mol. The lowest BCUT2D eigenvalue weighted by molar-refractivity contribution is 0.165. The molecule has 0 spiro atoms. The van der Waals surface area contributed by atoms with Crippen LogP contribution in [0.2, 0.25) is 5.15 Å². The number of halogens is 1. The Balaban J connectivity index is 1.42. The van der Waals surface area contributed by atoms with E-state index in [0.29, 0.717) is 29.4 Å². The van der Waals surface area contributed by atoms with Crippen LogP contribution in [0.25, 0.3) is 11.2 Å². The van der Waals surface area contributed by atoms with Crippen LogP contribution in [0, 0.1) is 0 Å². The van der Waals surface area contributed by atoms with Gasteiger partial charge in [0.25, 0.3) is 0 Å². The minimum Gasteiger partial charge on any atom is -0.390 e. The number of nitrogens with zero attached hydrogens (tertiary/aromatic N) is 6. The van der Waals surface area contributed by atoms with Crippen LogP contribution in [0.1, 0.15) is 30.0 Å². The van der Waals surface area contributed by atoms with Crippen LogP contribution in [-0.2, 0) is 6.42 Å². The molecule has 9 nitrogen and oxygen atoms in total. The molecular formula is C23H27ClN8O. The molecule has 0 saturated carbocycles. The summed E-state index contributed by atoms with van der Waals surface area (Å²) in [5, 5.41) is 17.7. The van der Waals surface area contributed by atoms with Gasteiger partial charge in [-0.2, -0.15) is 9.97 Å². The lowest BCUT2D eigenvalue weighted by Crippen LogP contribution is -2.44. The Morgan fingerprint density at radius 3 is 2.58 bits per heavy atom. The van der Waals surface area contributed by atoms with Crippen molar-refractivity contribution in [3.8, 4) is 0 Å². The van der Waals surface area contributed by atoms with E-state index in [9.17, 15) is 5.11 Å². The number of aromatic nitrogens is 4. The van der Waals surface area contributed by atoms with Crippen molar-refractivity contribution in [2.45, 2.75) is 31.4 Å². The molecule has 1 aliphatic carbocycles. The van der Waals surface area contributed by atoms with Crippen molar-refractivity contribution >= 4 is 40.3 Å². The molecule has 0 unspecified atom stereocenters. The number of rotatable bonds is 4. The molecule has 33 heavy (non-hydrogen) atoms. The number of hydrogen-bond acceptors (Lipinski definition) is 9. The summed E-state index contributed by atoms with van der Waals surface area (Å²) in [6.07, 6.45) is 2.31. The Morgan fingerprint density at radius 1 is 0.970 bits per heavy atom. The molecule has 2 fully saturated rings. The van der Waals surface area contributed by atoms with Gasteiger partial charge in [0.2, 0.25) is 5.95 Å². The van der Waals surface area contributed by atoms with Crippen LogP contribution < -0.4 is 20.4 Å². The van der Waals surface area contributed by atoms with E-state index in [0.717, 1.165) is 69.1 Å². The Labute approximate surface area is 197 Å². The van der Waals surface area contributed by atoms with Crippen LogP contribution in [-0.4, -0.2) is 70.4 Å². The smallest absolute Gasteiger partial charge is 0.229 e. The van der Waals surface area contributed by atoms with E-state index in [-0.39, 0.29) is 11.2 Å². The molecule has 0 amide bonds. The van der Waals surface area contributed by atoms with E-state index < -0.39 is 6.10 Å². The molecule has 3 aromatic rings. The molecule has 2 saturated heterocycles. The lowest BCUT2D eigenvalue weighted by Gasteiger charge is -2.28. The fourth-order valence-corrected chi connectivity index (χ4v) is 5.23. The summed E-state index contributed by atoms with van der Waals surface area (Å²) in [5.41, 5.74) is 3.34. The third kappa shape index (κ3) is 3.84. The first-order chi connectivity index (χ1) is 16.2. The SMILES string of the molecule is O[C@H]1Cc2ccccc2[C@H]1Nc1nc2nc(N3CCNCC3)nc(N3CCCC3)c2nc1Cl. The van der Waals surface area contributed by atoms with Gasteiger partial charge in [-0.05, 0) is 24.0 Å². The van der Waals surface area contributed by atoms with Crippen molar-refractivity contribution in [3.63, 3.8) is 0 Å². The number of benzene rings is 1. The zero-order valence-electron chi connectivity index (χ0n) is 18.3. The zero-order chi connectivity index (χ0) is 22.4. The summed E-state index contributed by atoms with van der Waals surface area (Å²) in [7, 11) is 0. The Morgan fingerprint density at radius 2 is 1.76 bits per heavy atom. The minimum atomic E-state index is -0.557. The molecule has 3 N–H and O–H groups in total. The molecular weight excluding hydrogens is 440 g/mol. The molecule has 0 radical (unpaired) electrons. The van der Waals surface area contributed by atoms with Gasteiger partial charge in [0, 0.05) is 45.7 Å². The zero-order valence-corrected chi connectivity index (χ0v) is 19.1. The highest BCUT2D eigenvalue weighted by molar-refractivity contribution is 6.32. The Kier molecular flexibility index (Phi) is 5.40. The quantitative estimate of drug-likeness (QED) is 0.533. The van der Waals surface area contributed by atoms with E-state index >= 15 is 0 Å². The van der Waals surface area contributed by atoms with Crippen molar-refractivity contribution in [2.75, 3.05) is 54.4 Å². The van der Waals surface area contributed by atoms with Gasteiger partial charge in [-0.3, -0.25) is 0 Å². The predicted molar refractivity (Wildman–Crippen MR) is 129 cm³/mol. The highest BCUT2D eigenvalue weighted by Crippen LogP contribution is 2.36. The predicted octanol–water partition coefficient (Wildman–Crippen LogP) is 2.15. The van der Waals surface area contributed by atoms with E-state index in [2.05, 4.69) is 20.4 Å². The molecule has 6 rings (SSSR count). The fourth-order valence-electron chi connectivity index (χ4n) is 5.04. The minimum absolute atomic E-state index is 0.262. The van der Waals surface area contributed by atoms with Gasteiger partial charge in [-0.1, -0.05) is 35.9 Å². The van der Waals surface area contributed by atoms with Crippen LogP contribution in [0.5, 0.6) is 0 Å². The van der Waals surface area contributed by atoms with E-state index in [4.69, 9.17) is 31.5 Å². The third-order valence-corrected chi connectivity index (χ3v) is 7.02. The van der Waals surface area contributed by atoms with Crippen LogP contribution >= 0.6 is 11.6 Å². The second-order valence-corrected chi connectivity index (χ2v) is 9.26. The number of piperazine rings is 1. The van der Waals surface area contributed by atoms with Gasteiger partial charge >= 0.3 is 0 Å². The van der Waals surface area contributed by atoms with Crippen molar-refractivity contribution in [3.05, 3.63) is 40.5 Å². The fraction of sp³-hybridized carbons (Fsp3) is 0.478. The molecule has 2 aromatic heterocycles. The van der Waals surface area contributed by atoms with Gasteiger partial charge in [0.1, 0.15) is 0 Å². The number of aliphatic hydroxyl groups excluding tert-OH is 1. The maximum absolute atomic E-state index is 10.7. The first-order valence-electron chi connectivity index (χ1n) is 11.7. The van der Waals surface area contributed by atoms with Crippen LogP contribution in [0.15, 0.2) is 24.3 Å². The van der Waals surface area contributed by atoms with Gasteiger partial charge in [0.15, 0.2) is 28.0 Å². The van der Waals surface area contributed by atoms with E-state index in [1.54, 1.807) is 0 Å². The molecule has 3 aliphatic rings. The van der Waals surface area contributed by atoms with Gasteiger partial charge in [0.05, 0.1) is 12.1 Å². The third-order valence-electron chi connectivity index (χ3n) is 6.76. The first-order valence-corrected chi connectivity index (χ1v) is 12.0. The van der Waals surface area contributed by atoms with Crippen LogP contribution in [0.4, 0.5) is 17.6 Å². The number of hydrogen-bond donors (Lipinski definition) is 3. The molecule has 2 atom stereocenters. The normalized spacial score (nSPS) is 22.7. The van der Waals surface area contributed by atoms with E-state index in [1.807, 2.05) is 24.3 Å². The van der Waals surface area contributed by atoms with Gasteiger partial charge < -0.3 is 25.5 Å². The highest BCUT2D eigenvalue weighted by Gasteiger charge is 2.32. The van der Waals surface area contributed by atoms with Crippen molar-refractivity contribution in [1.29, 1.82) is 0 Å². The number of fused-ring (bicyclic) bond motifs is 2. The lowest BCUT2D eigenvalue weighted by atomic mass is 10.1. The standard InChI is InChI=1S/C23H27ClN8O/c24-19-21(27-17-15-6-2-1-5-14(15)13-16(17)33)28-20-18(26-19)22(31-9-3-4-10-31)30-23(29-20)32-11-7-25-8-12-32/h1-2,5-6,16-17,25,33H,3-4,7-13H2,(H,27,28,29,30)/t16-,17+/m0/s1. The number of anilines is 3. The molecule has 2 aliphatic heterocycles. The molecule has 1 aromatic carbocycles. The van der Waals surface area contributed by atoms with Crippen molar-refractivity contribution in [2.24, 2.45) is 0 Å². The number of aliphatic hydroxyl groups is 1. The summed E-state index contributed by atoms with van der Waals surface area (Å²) in [6.45, 7) is 5.39. The Bertz CT molecular complexity index is 1180. The second-order valence-electron chi connectivity index (χ2n) is 8.91. The van der Waals surface area contributed by atoms with Crippen LogP contribution in [0.3, 0.4) is 0 Å². The van der Waals surface area contributed by atoms with Crippen molar-refractivity contribution < 1.29 is 5.11 Å². The second kappa shape index (κ2) is 8.55. The summed E-state index contributed by atoms with van der Waals surface area (Å²) >= 11 is 6.61. The average Bonchev–Trinajstić information content (AvgIpc) is 3.48. The summed E-state index contributed by atoms with van der Waals surface area (Å²) in [4.78, 5) is 23.6. The first kappa shape index (κ1) is 20.8. The topological polar surface area (TPSA) is 102 Å². The monoisotopic (exact) mass is 466 g/mol. The molecule has 0 bridgehead atoms. The van der Waals surface area contributed by atoms with Crippen molar-refractivity contribution in [1.82, 2.24) is 25.3 Å². The maximum atomic E-state index is 10.7. The largest absolute Gasteiger partial charge is 0.390 e. The van der Waals surface area contributed by atoms with Gasteiger partial charge in [-0.25, -0.2) is 9.97 Å². The highest BCUT2D eigenvalue weighted by atomic mass is 35.5. The van der Waals surface area contributed by atoms with E-state index in [1.165, 1.54) is 0 Å². The van der Waals surface area contributed by atoms with Gasteiger partial charge in [-0.15, -0.1) is 0 Å². The number of nitrogens with one attached hydrogen (secondary N) is 2. The summed E-state index contributed by atoms with van der Waals surface area (Å²) < 4.78 is 0. The summed E-state index contributed by atoms with van der Waals surface area (Å²) in [5.74, 6) is 1.92. The summed E-state index contributed by atoms with van der Waals surface area (Å²) in [6, 6.07) is 7.75.